The predicted octanol–water partition coefficient (Wildman–Crippen LogP) is 7.25. The van der Waals surface area contributed by atoms with Gasteiger partial charge in [0.1, 0.15) is 23.7 Å². The SMILES string of the molecule is COC(=O)N[C@H](C(=O)N1[C@H](c2ncc(-c3ccc(-c4ccc(-c5cnc([C@@H]6C[C@@H]7C[C@@H]7N6C(=O)[C@@H](N(C)C(=O)O)C(C)(C)C)[nH]5)cc4)cc3)[nH]2)C[C@@H]2C[C@@H]21)C(C)(C)C. The molecular formula is C44H54N8O6. The van der Waals surface area contributed by atoms with Gasteiger partial charge in [-0.2, -0.15) is 0 Å². The molecule has 4 N–H and O–H groups in total. The van der Waals surface area contributed by atoms with Gasteiger partial charge in [0, 0.05) is 19.1 Å². The van der Waals surface area contributed by atoms with Crippen LogP contribution in [-0.4, -0.2) is 102 Å². The number of aromatic amines is 2. The lowest BCUT2D eigenvalue weighted by molar-refractivity contribution is -0.142. The molecule has 0 spiro atoms. The zero-order chi connectivity index (χ0) is 41.4. The zero-order valence-electron chi connectivity index (χ0n) is 34.4. The number of likely N-dealkylation sites (tertiary alicyclic amines) is 2. The van der Waals surface area contributed by atoms with Crippen LogP contribution in [-0.2, 0) is 14.3 Å². The van der Waals surface area contributed by atoms with E-state index < -0.39 is 35.1 Å². The number of H-pyrrole nitrogens is 2. The minimum Gasteiger partial charge on any atom is -0.465 e. The fourth-order valence-corrected chi connectivity index (χ4v) is 9.37. The van der Waals surface area contributed by atoms with Crippen molar-refractivity contribution in [2.24, 2.45) is 22.7 Å². The van der Waals surface area contributed by atoms with E-state index in [2.05, 4.69) is 63.8 Å². The van der Waals surface area contributed by atoms with Crippen LogP contribution in [0.5, 0.6) is 0 Å². The Hall–Kier alpha value is -5.66. The quantitative estimate of drug-likeness (QED) is 0.137. The molecule has 4 aliphatic rings. The van der Waals surface area contributed by atoms with Crippen molar-refractivity contribution in [3.63, 3.8) is 0 Å². The third-order valence-electron chi connectivity index (χ3n) is 12.6. The average Bonchev–Trinajstić information content (AvgIpc) is 3.77. The number of imidazole rings is 2. The van der Waals surface area contributed by atoms with Crippen LogP contribution in [0.2, 0.25) is 0 Å². The molecule has 0 unspecified atom stereocenters. The fourth-order valence-electron chi connectivity index (χ4n) is 9.37. The topological polar surface area (TPSA) is 177 Å². The number of piperidine rings is 2. The molecule has 2 saturated carbocycles. The fraction of sp³-hybridized carbons (Fsp3) is 0.500. The van der Waals surface area contributed by atoms with Crippen LogP contribution >= 0.6 is 0 Å². The summed E-state index contributed by atoms with van der Waals surface area (Å²) in [5, 5.41) is 12.5. The average molecular weight is 791 g/mol. The third kappa shape index (κ3) is 7.21. The molecule has 2 aromatic heterocycles. The van der Waals surface area contributed by atoms with E-state index >= 15 is 0 Å². The highest BCUT2D eigenvalue weighted by Crippen LogP contribution is 2.55. The number of rotatable bonds is 9. The summed E-state index contributed by atoms with van der Waals surface area (Å²) in [6.07, 6.45) is 5.42. The Morgan fingerprint density at radius 2 is 1.16 bits per heavy atom. The molecule has 4 amide bonds. The molecule has 8 atom stereocenters. The molecule has 2 aliphatic heterocycles. The van der Waals surface area contributed by atoms with Crippen molar-refractivity contribution in [1.82, 2.24) is 40.0 Å². The molecule has 58 heavy (non-hydrogen) atoms. The number of carbonyl (C=O) groups excluding carboxylic acids is 3. The molecule has 14 nitrogen and oxygen atoms in total. The smallest absolute Gasteiger partial charge is 0.407 e. The Bertz CT molecular complexity index is 2220. The maximum atomic E-state index is 14.0. The maximum absolute atomic E-state index is 14.0. The van der Waals surface area contributed by atoms with Gasteiger partial charge >= 0.3 is 12.2 Å². The van der Waals surface area contributed by atoms with Crippen molar-refractivity contribution in [3.8, 4) is 33.6 Å². The van der Waals surface area contributed by atoms with Gasteiger partial charge in [-0.25, -0.2) is 19.6 Å². The predicted molar refractivity (Wildman–Crippen MR) is 217 cm³/mol. The van der Waals surface area contributed by atoms with Gasteiger partial charge < -0.3 is 34.9 Å². The van der Waals surface area contributed by atoms with Crippen LogP contribution in [0.3, 0.4) is 0 Å². The highest BCUT2D eigenvalue weighted by molar-refractivity contribution is 5.88. The van der Waals surface area contributed by atoms with E-state index in [1.807, 2.05) is 57.5 Å². The Kier molecular flexibility index (Phi) is 9.67. The number of ether oxygens (including phenoxy) is 1. The Labute approximate surface area is 338 Å². The Morgan fingerprint density at radius 3 is 1.55 bits per heavy atom. The minimum absolute atomic E-state index is 0.113. The summed E-state index contributed by atoms with van der Waals surface area (Å²) in [5.74, 6) is 2.01. The molecular weight excluding hydrogens is 737 g/mol. The lowest BCUT2D eigenvalue weighted by atomic mass is 9.84. The first kappa shape index (κ1) is 39.2. The first-order chi connectivity index (χ1) is 27.4. The summed E-state index contributed by atoms with van der Waals surface area (Å²) >= 11 is 0. The number of methoxy groups -OCH3 is 1. The van der Waals surface area contributed by atoms with E-state index in [-0.39, 0.29) is 36.0 Å². The van der Waals surface area contributed by atoms with Gasteiger partial charge in [-0.1, -0.05) is 90.1 Å². The molecule has 14 heteroatoms. The number of nitrogens with zero attached hydrogens (tertiary/aromatic N) is 5. The van der Waals surface area contributed by atoms with Gasteiger partial charge in [0.05, 0.1) is 43.0 Å². The van der Waals surface area contributed by atoms with Crippen molar-refractivity contribution >= 4 is 24.0 Å². The zero-order valence-corrected chi connectivity index (χ0v) is 34.4. The second-order valence-electron chi connectivity index (χ2n) is 18.7. The summed E-state index contributed by atoms with van der Waals surface area (Å²) in [6, 6.07) is 14.8. The molecule has 8 rings (SSSR count). The first-order valence-corrected chi connectivity index (χ1v) is 20.2. The number of carbonyl (C=O) groups is 4. The summed E-state index contributed by atoms with van der Waals surface area (Å²) < 4.78 is 4.84. The monoisotopic (exact) mass is 790 g/mol. The highest BCUT2D eigenvalue weighted by Gasteiger charge is 2.58. The van der Waals surface area contributed by atoms with Crippen LogP contribution in [0.15, 0.2) is 60.9 Å². The maximum Gasteiger partial charge on any atom is 0.407 e. The van der Waals surface area contributed by atoms with Crippen molar-refractivity contribution in [2.45, 2.75) is 103 Å². The number of hydrogen-bond donors (Lipinski definition) is 4. The number of alkyl carbamates (subject to hydrolysis) is 1. The van der Waals surface area contributed by atoms with Crippen LogP contribution in [0.1, 0.15) is 91.0 Å². The van der Waals surface area contributed by atoms with Crippen molar-refractivity contribution in [1.29, 1.82) is 0 Å². The number of fused-ring (bicyclic) bond motifs is 2. The number of likely N-dealkylation sites (N-methyl/N-ethyl adjacent to an activating group) is 1. The highest BCUT2D eigenvalue weighted by atomic mass is 16.5. The second-order valence-corrected chi connectivity index (χ2v) is 18.7. The third-order valence-corrected chi connectivity index (χ3v) is 12.6. The van der Waals surface area contributed by atoms with Crippen molar-refractivity contribution < 1.29 is 29.0 Å². The van der Waals surface area contributed by atoms with Crippen LogP contribution in [0, 0.1) is 22.7 Å². The largest absolute Gasteiger partial charge is 0.465 e. The molecule has 0 bridgehead atoms. The summed E-state index contributed by atoms with van der Waals surface area (Å²) in [5.41, 5.74) is 4.68. The van der Waals surface area contributed by atoms with E-state index in [1.54, 1.807) is 6.20 Å². The molecule has 4 heterocycles. The van der Waals surface area contributed by atoms with Gasteiger partial charge in [-0.3, -0.25) is 14.5 Å². The van der Waals surface area contributed by atoms with E-state index in [0.29, 0.717) is 11.8 Å². The van der Waals surface area contributed by atoms with Gasteiger partial charge in [0.2, 0.25) is 11.8 Å². The normalized spacial score (nSPS) is 24.4. The van der Waals surface area contributed by atoms with Crippen LogP contribution in [0.25, 0.3) is 33.6 Å². The van der Waals surface area contributed by atoms with Crippen LogP contribution < -0.4 is 5.32 Å². The van der Waals surface area contributed by atoms with Gasteiger partial charge in [0.15, 0.2) is 0 Å². The second kappa shape index (κ2) is 14.3. The number of benzene rings is 2. The number of amides is 4. The minimum atomic E-state index is -1.12. The van der Waals surface area contributed by atoms with Crippen LogP contribution in [0.4, 0.5) is 9.59 Å². The molecule has 2 aliphatic carbocycles. The standard InChI is InChI=1S/C44H54N8O6/c1-43(2,3)35(49-41(55)58-8)39(53)51-31-17-27(31)19-33(51)37-45-21-29(47-37)25-13-9-23(10-14-25)24-11-15-26(16-12-24)30-22-46-38(48-30)34-20-28-18-32(28)52(34)40(54)36(44(4,5)6)50(7)42(56)57/h9-16,21-22,27-28,31-36H,17-20H2,1-8H3,(H,45,47)(H,46,48)(H,49,55)(H,56,57)/t27-,28-,31-,32-,33-,34-,35+,36+/m0/s1. The first-order valence-electron chi connectivity index (χ1n) is 20.2. The molecule has 2 aromatic carbocycles. The van der Waals surface area contributed by atoms with E-state index in [0.717, 1.165) is 75.9 Å². The number of nitrogens with one attached hydrogen (secondary N) is 3. The summed E-state index contributed by atoms with van der Waals surface area (Å²) in [7, 11) is 2.77. The Balaban J connectivity index is 0.943. The van der Waals surface area contributed by atoms with E-state index in [4.69, 9.17) is 14.7 Å². The van der Waals surface area contributed by atoms with Crippen molar-refractivity contribution in [3.05, 3.63) is 72.6 Å². The van der Waals surface area contributed by atoms with Gasteiger partial charge in [0.25, 0.3) is 0 Å². The number of aromatic nitrogens is 4. The van der Waals surface area contributed by atoms with E-state index in [1.165, 1.54) is 14.2 Å². The molecule has 306 valence electrons. The van der Waals surface area contributed by atoms with Crippen molar-refractivity contribution in [2.75, 3.05) is 14.2 Å². The molecule has 2 saturated heterocycles. The molecule has 0 radical (unpaired) electrons. The lowest BCUT2D eigenvalue weighted by Crippen LogP contribution is -2.55. The molecule has 4 fully saturated rings. The lowest BCUT2D eigenvalue weighted by Gasteiger charge is -2.39. The van der Waals surface area contributed by atoms with E-state index in [9.17, 15) is 24.3 Å². The summed E-state index contributed by atoms with van der Waals surface area (Å²) in [4.78, 5) is 73.6. The Morgan fingerprint density at radius 1 is 0.724 bits per heavy atom. The van der Waals surface area contributed by atoms with Gasteiger partial charge in [-0.15, -0.1) is 0 Å². The number of hydrogen-bond acceptors (Lipinski definition) is 7. The number of carboxylic acid groups (broad SMARTS) is 1. The summed E-state index contributed by atoms with van der Waals surface area (Å²) in [6.45, 7) is 11.5. The van der Waals surface area contributed by atoms with Gasteiger partial charge in [-0.05, 0) is 70.6 Å². The molecule has 4 aromatic rings.